The normalized spacial score (nSPS) is 15.3. The predicted octanol–water partition coefficient (Wildman–Crippen LogP) is 1.55. The molecule has 0 aromatic rings. The highest BCUT2D eigenvalue weighted by molar-refractivity contribution is 7.75. The third-order valence-corrected chi connectivity index (χ3v) is 2.96. The van der Waals surface area contributed by atoms with Gasteiger partial charge >= 0.3 is 0 Å². The molecule has 0 saturated heterocycles. The first-order chi connectivity index (χ1) is 4.45. The van der Waals surface area contributed by atoms with Gasteiger partial charge in [-0.25, -0.2) is 0 Å². The lowest BCUT2D eigenvalue weighted by Gasteiger charge is -2.19. The Kier molecular flexibility index (Phi) is 4.60. The van der Waals surface area contributed by atoms with Crippen LogP contribution in [0.4, 0.5) is 0 Å². The van der Waals surface area contributed by atoms with Crippen molar-refractivity contribution in [2.75, 3.05) is 6.61 Å². The SMILES string of the molecule is C[Si](C)(C)C[C@@H](O)COS. The number of aliphatic hydroxyl groups is 1. The summed E-state index contributed by atoms with van der Waals surface area (Å²) >= 11 is 3.57. The highest BCUT2D eigenvalue weighted by Gasteiger charge is 2.18. The molecule has 0 amide bonds. The minimum absolute atomic E-state index is 0.329. The molecule has 0 saturated carbocycles. The van der Waals surface area contributed by atoms with E-state index in [1.54, 1.807) is 0 Å². The fourth-order valence-electron chi connectivity index (χ4n) is 0.852. The van der Waals surface area contributed by atoms with Gasteiger partial charge in [-0.1, -0.05) is 19.6 Å². The molecule has 0 bridgehead atoms. The minimum Gasteiger partial charge on any atom is -0.391 e. The molecule has 0 radical (unpaired) electrons. The van der Waals surface area contributed by atoms with Gasteiger partial charge in [0.15, 0.2) is 0 Å². The summed E-state index contributed by atoms with van der Waals surface area (Å²) in [5.74, 6) is 0. The van der Waals surface area contributed by atoms with Crippen molar-refractivity contribution in [3.63, 3.8) is 0 Å². The maximum absolute atomic E-state index is 9.25. The van der Waals surface area contributed by atoms with E-state index in [-0.39, 0.29) is 6.10 Å². The van der Waals surface area contributed by atoms with Crippen molar-refractivity contribution in [1.82, 2.24) is 0 Å². The van der Waals surface area contributed by atoms with Crippen molar-refractivity contribution in [1.29, 1.82) is 0 Å². The molecule has 0 aliphatic carbocycles. The standard InChI is InChI=1S/C6H16O2SSi/c1-10(2,3)5-6(7)4-8-9/h6-7,9H,4-5H2,1-3H3/t6-/m0/s1. The van der Waals surface area contributed by atoms with E-state index in [1.807, 2.05) is 0 Å². The van der Waals surface area contributed by atoms with E-state index in [1.165, 1.54) is 0 Å². The van der Waals surface area contributed by atoms with E-state index in [2.05, 4.69) is 36.7 Å². The van der Waals surface area contributed by atoms with Crippen molar-refractivity contribution < 1.29 is 9.29 Å². The first-order valence-electron chi connectivity index (χ1n) is 3.40. The van der Waals surface area contributed by atoms with Gasteiger partial charge in [0.05, 0.1) is 12.7 Å². The number of rotatable bonds is 4. The number of thiol groups is 1. The van der Waals surface area contributed by atoms with Crippen molar-refractivity contribution in [2.24, 2.45) is 0 Å². The molecule has 0 fully saturated rings. The van der Waals surface area contributed by atoms with Crippen LogP contribution in [0.25, 0.3) is 0 Å². The van der Waals surface area contributed by atoms with Crippen LogP contribution in [0, 0.1) is 0 Å². The molecule has 62 valence electrons. The molecule has 4 heteroatoms. The van der Waals surface area contributed by atoms with Crippen LogP contribution < -0.4 is 0 Å². The monoisotopic (exact) mass is 180 g/mol. The van der Waals surface area contributed by atoms with E-state index in [0.717, 1.165) is 6.04 Å². The Morgan fingerprint density at radius 3 is 2.30 bits per heavy atom. The van der Waals surface area contributed by atoms with Gasteiger partial charge in [0.1, 0.15) is 0 Å². The average molecular weight is 180 g/mol. The fraction of sp³-hybridized carbons (Fsp3) is 1.00. The van der Waals surface area contributed by atoms with Gasteiger partial charge in [-0.15, -0.1) is 0 Å². The second kappa shape index (κ2) is 4.38. The lowest BCUT2D eigenvalue weighted by atomic mass is 10.4. The molecule has 1 atom stereocenters. The van der Waals surface area contributed by atoms with E-state index in [0.29, 0.717) is 6.61 Å². The molecule has 1 N–H and O–H groups in total. The molecule has 0 aromatic carbocycles. The Morgan fingerprint density at radius 1 is 1.50 bits per heavy atom. The molecule has 0 rings (SSSR count). The topological polar surface area (TPSA) is 29.5 Å². The molecule has 0 aliphatic rings. The number of hydrogen-bond acceptors (Lipinski definition) is 3. The lowest BCUT2D eigenvalue weighted by Crippen LogP contribution is -2.28. The Morgan fingerprint density at radius 2 is 2.00 bits per heavy atom. The van der Waals surface area contributed by atoms with Gasteiger partial charge in [-0.3, -0.25) is 0 Å². The third kappa shape index (κ3) is 6.60. The predicted molar refractivity (Wildman–Crippen MR) is 49.1 cm³/mol. The van der Waals surface area contributed by atoms with Gasteiger partial charge in [0.2, 0.25) is 0 Å². The van der Waals surface area contributed by atoms with E-state index in [9.17, 15) is 5.11 Å². The van der Waals surface area contributed by atoms with Crippen molar-refractivity contribution in [3.05, 3.63) is 0 Å². The summed E-state index contributed by atoms with van der Waals surface area (Å²) in [6, 6.07) is 0.883. The lowest BCUT2D eigenvalue weighted by molar-refractivity contribution is 0.135. The summed E-state index contributed by atoms with van der Waals surface area (Å²) in [6.45, 7) is 6.99. The summed E-state index contributed by atoms with van der Waals surface area (Å²) in [5.41, 5.74) is 0. The van der Waals surface area contributed by atoms with Gasteiger partial charge in [0.25, 0.3) is 0 Å². The zero-order chi connectivity index (χ0) is 8.20. The van der Waals surface area contributed by atoms with Crippen LogP contribution in [0.1, 0.15) is 0 Å². The maximum Gasteiger partial charge on any atom is 0.0867 e. The second-order valence-corrected chi connectivity index (χ2v) is 9.50. The van der Waals surface area contributed by atoms with Crippen LogP contribution in [-0.4, -0.2) is 25.9 Å². The highest BCUT2D eigenvalue weighted by Crippen LogP contribution is 2.11. The zero-order valence-corrected chi connectivity index (χ0v) is 8.69. The third-order valence-electron chi connectivity index (χ3n) is 1.11. The molecule has 10 heavy (non-hydrogen) atoms. The van der Waals surface area contributed by atoms with Gasteiger partial charge in [-0.2, -0.15) is 0 Å². The van der Waals surface area contributed by atoms with E-state index in [4.69, 9.17) is 0 Å². The maximum atomic E-state index is 9.25. The van der Waals surface area contributed by atoms with Crippen LogP contribution in [0.5, 0.6) is 0 Å². The average Bonchev–Trinajstić information content (AvgIpc) is 1.59. The quantitative estimate of drug-likeness (QED) is 0.390. The van der Waals surface area contributed by atoms with Gasteiger partial charge in [-0.05, 0) is 19.0 Å². The van der Waals surface area contributed by atoms with Crippen molar-refractivity contribution in [2.45, 2.75) is 31.8 Å². The molecular weight excluding hydrogens is 164 g/mol. The van der Waals surface area contributed by atoms with Crippen LogP contribution in [0.2, 0.25) is 25.7 Å². The Hall–Kier alpha value is 0.487. The Balaban J connectivity index is 3.47. The van der Waals surface area contributed by atoms with E-state index < -0.39 is 8.07 Å². The molecule has 0 unspecified atom stereocenters. The first kappa shape index (κ1) is 10.5. The Labute approximate surface area is 69.2 Å². The fourth-order valence-corrected chi connectivity index (χ4v) is 2.56. The van der Waals surface area contributed by atoms with Crippen LogP contribution in [0.3, 0.4) is 0 Å². The van der Waals surface area contributed by atoms with Crippen molar-refractivity contribution >= 4 is 21.0 Å². The van der Waals surface area contributed by atoms with Crippen LogP contribution in [0.15, 0.2) is 0 Å². The second-order valence-electron chi connectivity index (χ2n) is 3.71. The number of hydrogen-bond donors (Lipinski definition) is 2. The van der Waals surface area contributed by atoms with Gasteiger partial charge < -0.3 is 9.29 Å². The summed E-state index contributed by atoms with van der Waals surface area (Å²) in [7, 11) is -1.12. The molecule has 2 nitrogen and oxygen atoms in total. The first-order valence-corrected chi connectivity index (χ1v) is 7.47. The van der Waals surface area contributed by atoms with Crippen LogP contribution in [-0.2, 0) is 4.18 Å². The highest BCUT2D eigenvalue weighted by atomic mass is 32.1. The molecule has 0 spiro atoms. The minimum atomic E-state index is -1.12. The molecule has 0 aliphatic heterocycles. The Bertz CT molecular complexity index is 92.2. The largest absolute Gasteiger partial charge is 0.391 e. The van der Waals surface area contributed by atoms with Crippen LogP contribution >= 0.6 is 12.9 Å². The van der Waals surface area contributed by atoms with Crippen molar-refractivity contribution in [3.8, 4) is 0 Å². The molecule has 0 aromatic heterocycles. The smallest absolute Gasteiger partial charge is 0.0867 e. The van der Waals surface area contributed by atoms with Gasteiger partial charge in [0, 0.05) is 8.07 Å². The molecular formula is C6H16O2SSi. The molecule has 0 heterocycles. The summed E-state index contributed by atoms with van der Waals surface area (Å²) in [6.07, 6.45) is -0.329. The number of aliphatic hydroxyl groups excluding tert-OH is 1. The summed E-state index contributed by atoms with van der Waals surface area (Å²) < 4.78 is 4.52. The summed E-state index contributed by atoms with van der Waals surface area (Å²) in [4.78, 5) is 0. The van der Waals surface area contributed by atoms with E-state index >= 15 is 0 Å². The summed E-state index contributed by atoms with van der Waals surface area (Å²) in [5, 5.41) is 9.25. The zero-order valence-electron chi connectivity index (χ0n) is 6.79.